The number of thiazole rings is 1. The van der Waals surface area contributed by atoms with Gasteiger partial charge in [0.05, 0.1) is 28.5 Å². The van der Waals surface area contributed by atoms with Crippen LogP contribution in [0.3, 0.4) is 0 Å². The molecule has 1 atom stereocenters. The van der Waals surface area contributed by atoms with Crippen molar-refractivity contribution in [3.63, 3.8) is 0 Å². The monoisotopic (exact) mass is 561 g/mol. The molecule has 0 unspecified atom stereocenters. The lowest BCUT2D eigenvalue weighted by Crippen LogP contribution is -2.40. The van der Waals surface area contributed by atoms with E-state index in [1.807, 2.05) is 24.3 Å². The molecule has 0 spiro atoms. The number of furan rings is 1. The van der Waals surface area contributed by atoms with Gasteiger partial charge in [-0.05, 0) is 55.2 Å². The summed E-state index contributed by atoms with van der Waals surface area (Å²) in [5, 5.41) is 0. The Morgan fingerprint density at radius 2 is 1.88 bits per heavy atom. The van der Waals surface area contributed by atoms with Gasteiger partial charge in [-0.15, -0.1) is 0 Å². The first-order chi connectivity index (χ1) is 19.3. The van der Waals surface area contributed by atoms with E-state index in [1.54, 1.807) is 17.6 Å². The molecule has 0 aliphatic carbocycles. The van der Waals surface area contributed by atoms with Gasteiger partial charge < -0.3 is 14.1 Å². The van der Waals surface area contributed by atoms with Crippen molar-refractivity contribution in [2.45, 2.75) is 72.3 Å². The second-order valence-corrected chi connectivity index (χ2v) is 12.1. The molecule has 2 aliphatic rings. The molecule has 40 heavy (non-hydrogen) atoms. The van der Waals surface area contributed by atoms with Crippen molar-refractivity contribution in [3.05, 3.63) is 84.2 Å². The van der Waals surface area contributed by atoms with Crippen LogP contribution in [-0.4, -0.2) is 30.2 Å². The van der Waals surface area contributed by atoms with Gasteiger partial charge in [0.1, 0.15) is 5.76 Å². The fourth-order valence-corrected chi connectivity index (χ4v) is 6.45. The van der Waals surface area contributed by atoms with E-state index in [4.69, 9.17) is 14.1 Å². The third-order valence-electron chi connectivity index (χ3n) is 7.79. The highest BCUT2D eigenvalue weighted by Crippen LogP contribution is 2.33. The van der Waals surface area contributed by atoms with Crippen molar-refractivity contribution in [2.24, 2.45) is 10.9 Å². The summed E-state index contributed by atoms with van der Waals surface area (Å²) in [6.45, 7) is 12.6. The van der Waals surface area contributed by atoms with Gasteiger partial charge in [0.25, 0.3) is 5.56 Å². The topological polar surface area (TPSA) is 77.0 Å². The molecule has 8 heteroatoms. The molecule has 2 aromatic heterocycles. The Morgan fingerprint density at radius 3 is 2.52 bits per heavy atom. The number of anilines is 1. The van der Waals surface area contributed by atoms with E-state index in [-0.39, 0.29) is 12.2 Å². The molecule has 0 bridgehead atoms. The van der Waals surface area contributed by atoms with E-state index in [0.717, 1.165) is 49.7 Å². The van der Waals surface area contributed by atoms with Crippen LogP contribution in [-0.2, 0) is 9.53 Å². The molecule has 4 heterocycles. The van der Waals surface area contributed by atoms with Crippen LogP contribution in [0.2, 0.25) is 0 Å². The van der Waals surface area contributed by atoms with E-state index in [2.05, 4.69) is 44.7 Å². The van der Waals surface area contributed by atoms with Gasteiger partial charge in [-0.25, -0.2) is 9.79 Å². The predicted molar refractivity (Wildman–Crippen MR) is 159 cm³/mol. The smallest absolute Gasteiger partial charge is 0.338 e. The molecule has 0 N–H and O–H groups in total. The quantitative estimate of drug-likeness (QED) is 0.338. The number of carbonyl (C=O) groups excluding carboxylic acids is 1. The molecule has 0 saturated carbocycles. The second kappa shape index (κ2) is 12.0. The number of aromatic nitrogens is 1. The number of ether oxygens (including phenoxy) is 1. The maximum atomic E-state index is 14.0. The zero-order chi connectivity index (χ0) is 28.4. The normalized spacial score (nSPS) is 18.3. The minimum Gasteiger partial charge on any atom is -0.463 e. The molecule has 7 nitrogen and oxygen atoms in total. The number of rotatable bonds is 8. The van der Waals surface area contributed by atoms with Crippen LogP contribution in [0.4, 0.5) is 5.88 Å². The molecule has 1 fully saturated rings. The Balaban J connectivity index is 1.61. The van der Waals surface area contributed by atoms with Crippen LogP contribution < -0.4 is 19.8 Å². The van der Waals surface area contributed by atoms with E-state index in [9.17, 15) is 9.59 Å². The Labute approximate surface area is 239 Å². The Bertz CT molecular complexity index is 1570. The van der Waals surface area contributed by atoms with E-state index in [0.29, 0.717) is 38.7 Å². The number of esters is 1. The van der Waals surface area contributed by atoms with Crippen molar-refractivity contribution in [2.75, 3.05) is 24.6 Å². The van der Waals surface area contributed by atoms with Gasteiger partial charge in [-0.1, -0.05) is 69.7 Å². The number of nitrogens with zero attached hydrogens (tertiary/aromatic N) is 3. The number of piperidine rings is 1. The zero-order valence-corrected chi connectivity index (χ0v) is 24.9. The highest BCUT2D eigenvalue weighted by molar-refractivity contribution is 7.07. The average Bonchev–Trinajstić information content (AvgIpc) is 3.53. The number of benzene rings is 1. The number of allylic oxidation sites excluding steroid dienone is 1. The Morgan fingerprint density at radius 1 is 1.15 bits per heavy atom. The van der Waals surface area contributed by atoms with Gasteiger partial charge in [-0.2, -0.15) is 0 Å². The van der Waals surface area contributed by atoms with Crippen LogP contribution >= 0.6 is 11.3 Å². The van der Waals surface area contributed by atoms with Crippen LogP contribution in [0.25, 0.3) is 6.08 Å². The molecule has 1 saturated heterocycles. The van der Waals surface area contributed by atoms with Gasteiger partial charge >= 0.3 is 5.97 Å². The lowest BCUT2D eigenvalue weighted by Gasteiger charge is -2.29. The molecule has 2 aliphatic heterocycles. The summed E-state index contributed by atoms with van der Waals surface area (Å²) in [6.07, 6.45) is 5.54. The number of hydrogen-bond donors (Lipinski definition) is 0. The zero-order valence-electron chi connectivity index (χ0n) is 24.1. The molecule has 3 aromatic rings. The van der Waals surface area contributed by atoms with Crippen LogP contribution in [0, 0.1) is 5.92 Å². The molecule has 0 amide bonds. The van der Waals surface area contributed by atoms with E-state index >= 15 is 0 Å². The van der Waals surface area contributed by atoms with Crippen LogP contribution in [0.15, 0.2) is 61.9 Å². The molecule has 0 radical (unpaired) electrons. The number of hydrogen-bond acceptors (Lipinski definition) is 7. The first kappa shape index (κ1) is 28.1. The maximum Gasteiger partial charge on any atom is 0.338 e. The van der Waals surface area contributed by atoms with E-state index < -0.39 is 12.0 Å². The van der Waals surface area contributed by atoms with Crippen molar-refractivity contribution in [1.29, 1.82) is 0 Å². The van der Waals surface area contributed by atoms with Crippen molar-refractivity contribution < 1.29 is 13.9 Å². The maximum absolute atomic E-state index is 14.0. The van der Waals surface area contributed by atoms with Gasteiger partial charge in [0.15, 0.2) is 10.7 Å². The fourth-order valence-electron chi connectivity index (χ4n) is 5.45. The van der Waals surface area contributed by atoms with Crippen molar-refractivity contribution in [1.82, 2.24) is 4.57 Å². The lowest BCUT2D eigenvalue weighted by molar-refractivity contribution is -0.139. The molecule has 5 rings (SSSR count). The summed E-state index contributed by atoms with van der Waals surface area (Å²) in [5.74, 6) is 2.16. The first-order valence-corrected chi connectivity index (χ1v) is 15.3. The van der Waals surface area contributed by atoms with Crippen molar-refractivity contribution >= 4 is 29.3 Å². The molecular weight excluding hydrogens is 522 g/mol. The molecule has 1 aromatic carbocycles. The second-order valence-electron chi connectivity index (χ2n) is 11.1. The number of fused-ring (bicyclic) bond motifs is 1. The van der Waals surface area contributed by atoms with Crippen LogP contribution in [0.5, 0.6) is 0 Å². The summed E-state index contributed by atoms with van der Waals surface area (Å²) >= 11 is 1.33. The third-order valence-corrected chi connectivity index (χ3v) is 8.78. The summed E-state index contributed by atoms with van der Waals surface area (Å²) in [4.78, 5) is 35.0. The van der Waals surface area contributed by atoms with Gasteiger partial charge in [0, 0.05) is 25.2 Å². The summed E-state index contributed by atoms with van der Waals surface area (Å²) in [7, 11) is 0. The summed E-state index contributed by atoms with van der Waals surface area (Å²) in [6, 6.07) is 11.5. The SMILES string of the molecule is CCCC1=C(C(=O)OCC)[C@@H](c2ccc(C(C)C)cc2)n2c(s/c(=C/c3ccc(N4CCC(C)CC4)o3)c2=O)=N1. The Hall–Kier alpha value is -3.39. The number of carbonyl (C=O) groups is 1. The summed E-state index contributed by atoms with van der Waals surface area (Å²) < 4.78 is 13.8. The minimum absolute atomic E-state index is 0.191. The fraction of sp³-hybridized carbons (Fsp3) is 0.469. The van der Waals surface area contributed by atoms with E-state index in [1.165, 1.54) is 16.9 Å². The van der Waals surface area contributed by atoms with Crippen LogP contribution in [0.1, 0.15) is 89.1 Å². The summed E-state index contributed by atoms with van der Waals surface area (Å²) in [5.41, 5.74) is 3.00. The van der Waals surface area contributed by atoms with Gasteiger partial charge in [0.2, 0.25) is 0 Å². The average molecular weight is 562 g/mol. The predicted octanol–water partition coefficient (Wildman–Crippen LogP) is 5.53. The standard InChI is InChI=1S/C32H39N3O4S/c1-6-8-25-28(31(37)38-7-2)29(23-11-9-22(10-12-23)20(3)4)35-30(36)26(40-32(35)33-25)19-24-13-14-27(39-24)34-17-15-21(5)16-18-34/h9-14,19-21,29H,6-8,15-18H2,1-5H3/b26-19+/t29-/m1/s1. The highest BCUT2D eigenvalue weighted by atomic mass is 32.1. The molecular formula is C32H39N3O4S. The first-order valence-electron chi connectivity index (χ1n) is 14.5. The van der Waals surface area contributed by atoms with Gasteiger partial charge in [-0.3, -0.25) is 9.36 Å². The lowest BCUT2D eigenvalue weighted by atomic mass is 9.92. The largest absolute Gasteiger partial charge is 0.463 e. The third kappa shape index (κ3) is 5.59. The molecule has 212 valence electrons. The van der Waals surface area contributed by atoms with Crippen molar-refractivity contribution in [3.8, 4) is 0 Å². The minimum atomic E-state index is -0.609. The highest BCUT2D eigenvalue weighted by Gasteiger charge is 2.34. The Kier molecular flexibility index (Phi) is 8.45.